The van der Waals surface area contributed by atoms with Crippen LogP contribution in [0.3, 0.4) is 0 Å². The highest BCUT2D eigenvalue weighted by atomic mass is 32.2. The second-order valence-electron chi connectivity index (χ2n) is 7.55. The third-order valence-corrected chi connectivity index (χ3v) is 6.10. The van der Waals surface area contributed by atoms with Crippen molar-refractivity contribution in [2.45, 2.75) is 18.2 Å². The van der Waals surface area contributed by atoms with Gasteiger partial charge in [-0.05, 0) is 23.3 Å². The van der Waals surface area contributed by atoms with E-state index in [4.69, 9.17) is 4.42 Å². The molecule has 0 saturated heterocycles. The van der Waals surface area contributed by atoms with Crippen LogP contribution < -0.4 is 5.32 Å². The van der Waals surface area contributed by atoms with Crippen LogP contribution in [0.15, 0.2) is 101 Å². The van der Waals surface area contributed by atoms with Gasteiger partial charge in [0.25, 0.3) is 0 Å². The molecule has 8 nitrogen and oxygen atoms in total. The second-order valence-corrected chi connectivity index (χ2v) is 8.49. The minimum absolute atomic E-state index is 0.145. The number of thioether (sulfide) groups is 1. The van der Waals surface area contributed by atoms with Crippen LogP contribution in [0.5, 0.6) is 0 Å². The van der Waals surface area contributed by atoms with Crippen LogP contribution in [0.25, 0.3) is 11.6 Å². The van der Waals surface area contributed by atoms with Gasteiger partial charge < -0.3 is 9.73 Å². The summed E-state index contributed by atoms with van der Waals surface area (Å²) >= 11 is 1.33. The Kier molecular flexibility index (Phi) is 6.53. The van der Waals surface area contributed by atoms with Crippen molar-refractivity contribution in [3.8, 4) is 11.6 Å². The lowest BCUT2D eigenvalue weighted by molar-refractivity contribution is -0.113. The van der Waals surface area contributed by atoms with Crippen molar-refractivity contribution >= 4 is 23.5 Å². The van der Waals surface area contributed by atoms with Crippen molar-refractivity contribution in [3.63, 3.8) is 0 Å². The highest BCUT2D eigenvalue weighted by Crippen LogP contribution is 2.25. The summed E-state index contributed by atoms with van der Waals surface area (Å²) in [7, 11) is 0. The molecule has 0 saturated carbocycles. The number of furan rings is 1. The van der Waals surface area contributed by atoms with E-state index in [0.717, 1.165) is 11.1 Å². The predicted molar refractivity (Wildman–Crippen MR) is 130 cm³/mol. The zero-order valence-corrected chi connectivity index (χ0v) is 19.1. The lowest BCUT2D eigenvalue weighted by atomic mass is 10.2. The zero-order valence-electron chi connectivity index (χ0n) is 18.2. The Bertz CT molecular complexity index is 1350. The van der Waals surface area contributed by atoms with E-state index < -0.39 is 0 Å². The van der Waals surface area contributed by atoms with E-state index in [1.54, 1.807) is 23.2 Å². The molecular weight excluding hydrogens is 448 g/mol. The maximum absolute atomic E-state index is 12.7. The first kappa shape index (κ1) is 21.7. The van der Waals surface area contributed by atoms with Crippen LogP contribution in [0.4, 0.5) is 5.82 Å². The smallest absolute Gasteiger partial charge is 0.235 e. The van der Waals surface area contributed by atoms with Gasteiger partial charge in [-0.1, -0.05) is 72.4 Å². The maximum atomic E-state index is 12.7. The average molecular weight is 471 g/mol. The molecule has 5 rings (SSSR count). The molecule has 0 aliphatic carbocycles. The fourth-order valence-electron chi connectivity index (χ4n) is 3.52. The summed E-state index contributed by atoms with van der Waals surface area (Å²) in [5, 5.41) is 16.6. The van der Waals surface area contributed by atoms with Gasteiger partial charge in [-0.25, -0.2) is 4.68 Å². The Morgan fingerprint density at radius 3 is 2.32 bits per heavy atom. The molecule has 0 aliphatic rings. The lowest BCUT2D eigenvalue weighted by Gasteiger charge is -2.10. The number of rotatable bonds is 9. The molecule has 0 spiro atoms. The molecule has 0 aliphatic heterocycles. The van der Waals surface area contributed by atoms with Crippen LogP contribution in [-0.4, -0.2) is 36.2 Å². The molecule has 0 bridgehead atoms. The van der Waals surface area contributed by atoms with Crippen LogP contribution in [0.1, 0.15) is 11.1 Å². The standard InChI is InChI=1S/C25H22N6O2S/c32-23(27-22-13-14-26-31(22)17-20-10-5-2-6-11-20)18-34-25-29-28-24(21-12-7-15-33-21)30(25)16-19-8-3-1-4-9-19/h1-15H,16-18H2,(H,27,32). The summed E-state index contributed by atoms with van der Waals surface area (Å²) in [6.45, 7) is 1.15. The largest absolute Gasteiger partial charge is 0.461 e. The lowest BCUT2D eigenvalue weighted by Crippen LogP contribution is -2.18. The molecule has 170 valence electrons. The van der Waals surface area contributed by atoms with Gasteiger partial charge in [-0.3, -0.25) is 9.36 Å². The summed E-state index contributed by atoms with van der Waals surface area (Å²) in [4.78, 5) is 12.7. The Balaban J connectivity index is 1.28. The first-order valence-corrected chi connectivity index (χ1v) is 11.7. The molecule has 1 N–H and O–H groups in total. The van der Waals surface area contributed by atoms with Crippen molar-refractivity contribution in [3.05, 3.63) is 102 Å². The molecule has 3 heterocycles. The fraction of sp³-hybridized carbons (Fsp3) is 0.120. The van der Waals surface area contributed by atoms with Crippen LogP contribution in [-0.2, 0) is 17.9 Å². The Morgan fingerprint density at radius 2 is 1.62 bits per heavy atom. The van der Waals surface area contributed by atoms with E-state index in [2.05, 4.69) is 20.6 Å². The molecular formula is C25H22N6O2S. The third kappa shape index (κ3) is 5.10. The number of benzene rings is 2. The van der Waals surface area contributed by atoms with Crippen molar-refractivity contribution in [2.24, 2.45) is 0 Å². The summed E-state index contributed by atoms with van der Waals surface area (Å²) < 4.78 is 9.28. The quantitative estimate of drug-likeness (QED) is 0.318. The number of nitrogens with one attached hydrogen (secondary N) is 1. The monoisotopic (exact) mass is 470 g/mol. The van der Waals surface area contributed by atoms with Gasteiger partial charge in [0.15, 0.2) is 10.9 Å². The minimum Gasteiger partial charge on any atom is -0.461 e. The number of anilines is 1. The highest BCUT2D eigenvalue weighted by molar-refractivity contribution is 7.99. The van der Waals surface area contributed by atoms with Crippen LogP contribution in [0, 0.1) is 0 Å². The summed E-state index contributed by atoms with van der Waals surface area (Å²) in [5.41, 5.74) is 2.21. The molecule has 34 heavy (non-hydrogen) atoms. The molecule has 0 fully saturated rings. The van der Waals surface area contributed by atoms with Gasteiger partial charge >= 0.3 is 0 Å². The molecule has 5 aromatic rings. The molecule has 9 heteroatoms. The predicted octanol–water partition coefficient (Wildman–Crippen LogP) is 4.56. The maximum Gasteiger partial charge on any atom is 0.235 e. The van der Waals surface area contributed by atoms with E-state index >= 15 is 0 Å². The van der Waals surface area contributed by atoms with Gasteiger partial charge in [0.2, 0.25) is 11.7 Å². The molecule has 0 atom stereocenters. The number of hydrogen-bond donors (Lipinski definition) is 1. The van der Waals surface area contributed by atoms with E-state index in [1.165, 1.54) is 11.8 Å². The van der Waals surface area contributed by atoms with Gasteiger partial charge in [-0.15, -0.1) is 10.2 Å². The third-order valence-electron chi connectivity index (χ3n) is 5.13. The summed E-state index contributed by atoms with van der Waals surface area (Å²) in [6, 6.07) is 25.5. The van der Waals surface area contributed by atoms with Gasteiger partial charge in [0.1, 0.15) is 5.82 Å². The number of amides is 1. The highest BCUT2D eigenvalue weighted by Gasteiger charge is 2.18. The first-order valence-electron chi connectivity index (χ1n) is 10.8. The van der Waals surface area contributed by atoms with E-state index in [0.29, 0.717) is 35.6 Å². The number of carbonyl (C=O) groups excluding carboxylic acids is 1. The number of aromatic nitrogens is 5. The molecule has 2 aromatic carbocycles. The molecule has 0 unspecified atom stereocenters. The van der Waals surface area contributed by atoms with Crippen molar-refractivity contribution in [2.75, 3.05) is 11.1 Å². The zero-order chi connectivity index (χ0) is 23.2. The molecule has 1 amide bonds. The second kappa shape index (κ2) is 10.2. The minimum atomic E-state index is -0.145. The van der Waals surface area contributed by atoms with E-state index in [1.807, 2.05) is 77.4 Å². The Hall–Kier alpha value is -4.11. The normalized spacial score (nSPS) is 10.9. The van der Waals surface area contributed by atoms with Crippen molar-refractivity contribution in [1.29, 1.82) is 0 Å². The first-order chi connectivity index (χ1) is 16.8. The number of carbonyl (C=O) groups is 1. The number of hydrogen-bond acceptors (Lipinski definition) is 6. The number of nitrogens with zero attached hydrogens (tertiary/aromatic N) is 5. The van der Waals surface area contributed by atoms with Gasteiger partial charge in [0, 0.05) is 6.07 Å². The molecule has 3 aromatic heterocycles. The fourth-order valence-corrected chi connectivity index (χ4v) is 4.26. The summed E-state index contributed by atoms with van der Waals surface area (Å²) in [5.74, 6) is 1.94. The average Bonchev–Trinajstić information content (AvgIpc) is 3.62. The van der Waals surface area contributed by atoms with Crippen LogP contribution >= 0.6 is 11.8 Å². The van der Waals surface area contributed by atoms with E-state index in [-0.39, 0.29) is 11.7 Å². The van der Waals surface area contributed by atoms with Crippen LogP contribution in [0.2, 0.25) is 0 Å². The van der Waals surface area contributed by atoms with Crippen molar-refractivity contribution in [1.82, 2.24) is 24.5 Å². The van der Waals surface area contributed by atoms with Crippen molar-refractivity contribution < 1.29 is 9.21 Å². The van der Waals surface area contributed by atoms with E-state index in [9.17, 15) is 4.79 Å². The van der Waals surface area contributed by atoms with Gasteiger partial charge in [0.05, 0.1) is 31.3 Å². The molecule has 0 radical (unpaired) electrons. The Labute approximate surface area is 200 Å². The van der Waals surface area contributed by atoms with Gasteiger partial charge in [-0.2, -0.15) is 5.10 Å². The summed E-state index contributed by atoms with van der Waals surface area (Å²) in [6.07, 6.45) is 3.29. The Morgan fingerprint density at radius 1 is 0.882 bits per heavy atom. The SMILES string of the molecule is O=C(CSc1nnc(-c2ccco2)n1Cc1ccccc1)Nc1ccnn1Cc1ccccc1. The topological polar surface area (TPSA) is 90.8 Å².